The first-order valence-corrected chi connectivity index (χ1v) is 8.65. The summed E-state index contributed by atoms with van der Waals surface area (Å²) < 4.78 is 38.0. The molecule has 0 fully saturated rings. The van der Waals surface area contributed by atoms with Gasteiger partial charge in [0.15, 0.2) is 0 Å². The van der Waals surface area contributed by atoms with Gasteiger partial charge in [0.25, 0.3) is 0 Å². The van der Waals surface area contributed by atoms with E-state index in [0.717, 1.165) is 0 Å². The van der Waals surface area contributed by atoms with Crippen LogP contribution in [-0.4, -0.2) is 40.3 Å². The maximum absolute atomic E-state index is 12.5. The lowest BCUT2D eigenvalue weighted by Gasteiger charge is -2.21. The van der Waals surface area contributed by atoms with Crippen molar-refractivity contribution in [2.75, 3.05) is 20.3 Å². The molecule has 0 saturated carbocycles. The zero-order chi connectivity index (χ0) is 17.0. The van der Waals surface area contributed by atoms with E-state index in [9.17, 15) is 8.42 Å². The zero-order valence-electron chi connectivity index (χ0n) is 13.2. The van der Waals surface area contributed by atoms with Crippen molar-refractivity contribution in [3.05, 3.63) is 23.2 Å². The van der Waals surface area contributed by atoms with Crippen LogP contribution in [0.5, 0.6) is 5.75 Å². The molecule has 1 atom stereocenters. The van der Waals surface area contributed by atoms with Crippen LogP contribution in [-0.2, 0) is 14.8 Å². The van der Waals surface area contributed by atoms with Gasteiger partial charge < -0.3 is 15.2 Å². The van der Waals surface area contributed by atoms with E-state index in [-0.39, 0.29) is 23.3 Å². The highest BCUT2D eigenvalue weighted by molar-refractivity contribution is 7.89. The van der Waals surface area contributed by atoms with Crippen molar-refractivity contribution in [3.63, 3.8) is 0 Å². The Kier molecular flexibility index (Phi) is 6.64. The fourth-order valence-corrected chi connectivity index (χ4v) is 3.25. The predicted octanol–water partition coefficient (Wildman–Crippen LogP) is 1.77. The molecule has 3 N–H and O–H groups in total. The fraction of sp³-hybridized carbons (Fsp3) is 0.571. The van der Waals surface area contributed by atoms with Gasteiger partial charge in [0, 0.05) is 24.2 Å². The van der Waals surface area contributed by atoms with Crippen molar-refractivity contribution in [1.82, 2.24) is 4.72 Å². The van der Waals surface area contributed by atoms with E-state index >= 15 is 0 Å². The first kappa shape index (κ1) is 19.2. The molecule has 0 radical (unpaired) electrons. The van der Waals surface area contributed by atoms with Gasteiger partial charge in [-0.2, -0.15) is 0 Å². The first-order valence-electron chi connectivity index (χ1n) is 6.79. The SMILES string of the molecule is COCC(C)Oc1ccc(Cl)cc1S(=O)(=O)NCC(C)(C)N. The van der Waals surface area contributed by atoms with Crippen molar-refractivity contribution in [2.24, 2.45) is 5.73 Å². The average molecular weight is 351 g/mol. The van der Waals surface area contributed by atoms with Crippen LogP contribution >= 0.6 is 11.6 Å². The smallest absolute Gasteiger partial charge is 0.244 e. The normalized spacial score (nSPS) is 13.9. The van der Waals surface area contributed by atoms with Gasteiger partial charge >= 0.3 is 0 Å². The topological polar surface area (TPSA) is 90.6 Å². The Hall–Kier alpha value is -0.860. The molecule has 8 heteroatoms. The van der Waals surface area contributed by atoms with Crippen molar-refractivity contribution in [1.29, 1.82) is 0 Å². The van der Waals surface area contributed by atoms with Crippen LogP contribution in [0.2, 0.25) is 5.02 Å². The fourth-order valence-electron chi connectivity index (χ4n) is 1.63. The first-order chi connectivity index (χ1) is 10.0. The van der Waals surface area contributed by atoms with Gasteiger partial charge in [-0.15, -0.1) is 0 Å². The summed E-state index contributed by atoms with van der Waals surface area (Å²) >= 11 is 5.91. The molecule has 126 valence electrons. The van der Waals surface area contributed by atoms with E-state index < -0.39 is 15.6 Å². The Morgan fingerprint density at radius 3 is 2.59 bits per heavy atom. The maximum Gasteiger partial charge on any atom is 0.244 e. The summed E-state index contributed by atoms with van der Waals surface area (Å²) in [6.07, 6.45) is -0.300. The Labute approximate surface area is 137 Å². The molecular formula is C14H23ClN2O4S. The standard InChI is InChI=1S/C14H23ClN2O4S/c1-10(8-20-4)21-12-6-5-11(15)7-13(12)22(18,19)17-9-14(2,3)16/h5-7,10,17H,8-9,16H2,1-4H3. The molecule has 0 aliphatic heterocycles. The van der Waals surface area contributed by atoms with Crippen molar-refractivity contribution >= 4 is 21.6 Å². The van der Waals surface area contributed by atoms with Gasteiger partial charge in [0.05, 0.1) is 6.61 Å². The molecule has 0 bridgehead atoms. The summed E-state index contributed by atoms with van der Waals surface area (Å²) in [6.45, 7) is 5.67. The maximum atomic E-state index is 12.5. The molecule has 1 rings (SSSR count). The van der Waals surface area contributed by atoms with E-state index in [0.29, 0.717) is 11.6 Å². The Morgan fingerprint density at radius 1 is 1.41 bits per heavy atom. The third-order valence-electron chi connectivity index (χ3n) is 2.64. The number of hydrogen-bond donors (Lipinski definition) is 2. The molecular weight excluding hydrogens is 328 g/mol. The van der Waals surface area contributed by atoms with Gasteiger partial charge in [-0.1, -0.05) is 11.6 Å². The van der Waals surface area contributed by atoms with E-state index in [2.05, 4.69) is 4.72 Å². The number of methoxy groups -OCH3 is 1. The van der Waals surface area contributed by atoms with Crippen LogP contribution in [0.1, 0.15) is 20.8 Å². The van der Waals surface area contributed by atoms with Gasteiger partial charge in [-0.05, 0) is 39.0 Å². The summed E-state index contributed by atoms with van der Waals surface area (Å²) in [5.74, 6) is 0.219. The molecule has 1 aromatic rings. The molecule has 22 heavy (non-hydrogen) atoms. The number of sulfonamides is 1. The van der Waals surface area contributed by atoms with Gasteiger partial charge in [-0.25, -0.2) is 13.1 Å². The number of nitrogens with two attached hydrogens (primary N) is 1. The molecule has 1 unspecified atom stereocenters. The Bertz CT molecular complexity index is 599. The summed E-state index contributed by atoms with van der Waals surface area (Å²) in [5, 5.41) is 0.305. The lowest BCUT2D eigenvalue weighted by Crippen LogP contribution is -2.45. The third-order valence-corrected chi connectivity index (χ3v) is 4.30. The van der Waals surface area contributed by atoms with E-state index in [4.69, 9.17) is 26.8 Å². The largest absolute Gasteiger partial charge is 0.487 e. The highest BCUT2D eigenvalue weighted by atomic mass is 35.5. The summed E-state index contributed by atoms with van der Waals surface area (Å²) in [7, 11) is -2.24. The number of rotatable bonds is 8. The van der Waals surface area contributed by atoms with Gasteiger partial charge in [0.2, 0.25) is 10.0 Å². The van der Waals surface area contributed by atoms with Crippen LogP contribution in [0.3, 0.4) is 0 Å². The van der Waals surface area contributed by atoms with Crippen molar-refractivity contribution in [3.8, 4) is 5.75 Å². The van der Waals surface area contributed by atoms with Crippen molar-refractivity contribution in [2.45, 2.75) is 37.3 Å². The number of ether oxygens (including phenoxy) is 2. The van der Waals surface area contributed by atoms with Gasteiger partial charge in [0.1, 0.15) is 16.7 Å². The second-order valence-corrected chi connectivity index (χ2v) is 7.96. The number of halogens is 1. The minimum absolute atomic E-state index is 0.0211. The van der Waals surface area contributed by atoms with E-state index in [1.807, 2.05) is 0 Å². The minimum atomic E-state index is -3.79. The number of nitrogens with one attached hydrogen (secondary N) is 1. The number of benzene rings is 1. The van der Waals surface area contributed by atoms with Gasteiger partial charge in [-0.3, -0.25) is 0 Å². The second-order valence-electron chi connectivity index (χ2n) is 5.79. The highest BCUT2D eigenvalue weighted by Gasteiger charge is 2.23. The number of hydrogen-bond acceptors (Lipinski definition) is 5. The minimum Gasteiger partial charge on any atom is -0.487 e. The summed E-state index contributed by atoms with van der Waals surface area (Å²) in [6, 6.07) is 4.45. The quantitative estimate of drug-likeness (QED) is 0.745. The van der Waals surface area contributed by atoms with E-state index in [1.54, 1.807) is 33.9 Å². The molecule has 1 aromatic carbocycles. The molecule has 0 aromatic heterocycles. The van der Waals surface area contributed by atoms with Crippen LogP contribution in [0.15, 0.2) is 23.1 Å². The van der Waals surface area contributed by atoms with E-state index in [1.165, 1.54) is 12.1 Å². The molecule has 6 nitrogen and oxygen atoms in total. The van der Waals surface area contributed by atoms with Crippen LogP contribution < -0.4 is 15.2 Å². The molecule has 0 aliphatic carbocycles. The second kappa shape index (κ2) is 7.61. The van der Waals surface area contributed by atoms with Crippen LogP contribution in [0.4, 0.5) is 0 Å². The molecule has 0 amide bonds. The molecule has 0 heterocycles. The summed E-state index contributed by atoms with van der Waals surface area (Å²) in [5.41, 5.74) is 5.14. The summed E-state index contributed by atoms with van der Waals surface area (Å²) in [4.78, 5) is -0.0211. The molecule has 0 aliphatic rings. The zero-order valence-corrected chi connectivity index (χ0v) is 14.8. The monoisotopic (exact) mass is 350 g/mol. The van der Waals surface area contributed by atoms with Crippen LogP contribution in [0.25, 0.3) is 0 Å². The third kappa shape index (κ3) is 6.10. The average Bonchev–Trinajstić information content (AvgIpc) is 2.38. The lowest BCUT2D eigenvalue weighted by molar-refractivity contribution is 0.0901. The Morgan fingerprint density at radius 2 is 2.05 bits per heavy atom. The highest BCUT2D eigenvalue weighted by Crippen LogP contribution is 2.28. The Balaban J connectivity index is 3.08. The molecule has 0 spiro atoms. The van der Waals surface area contributed by atoms with Crippen LogP contribution in [0, 0.1) is 0 Å². The van der Waals surface area contributed by atoms with Crippen molar-refractivity contribution < 1.29 is 17.9 Å². The lowest BCUT2D eigenvalue weighted by atomic mass is 10.1. The predicted molar refractivity (Wildman–Crippen MR) is 86.9 cm³/mol. The molecule has 0 saturated heterocycles.